The van der Waals surface area contributed by atoms with Gasteiger partial charge in [-0.25, -0.2) is 0 Å². The summed E-state index contributed by atoms with van der Waals surface area (Å²) in [5, 5.41) is 2.25. The van der Waals surface area contributed by atoms with Gasteiger partial charge in [0.25, 0.3) is 0 Å². The monoisotopic (exact) mass is 418 g/mol. The molecule has 0 aliphatic carbocycles. The van der Waals surface area contributed by atoms with Crippen LogP contribution in [0.25, 0.3) is 10.8 Å². The maximum absolute atomic E-state index is 5.35. The highest BCUT2D eigenvalue weighted by Crippen LogP contribution is 2.27. The molecule has 0 amide bonds. The second kappa shape index (κ2) is 9.65. The summed E-state index contributed by atoms with van der Waals surface area (Å²) in [5.41, 5.74) is 3.74. The molecule has 0 atom stereocenters. The summed E-state index contributed by atoms with van der Waals surface area (Å²) in [6.45, 7) is 0. The van der Waals surface area contributed by atoms with Crippen LogP contribution in [0.3, 0.4) is 0 Å². The number of hydrogen-bond acceptors (Lipinski definition) is 3. The van der Waals surface area contributed by atoms with Crippen molar-refractivity contribution < 1.29 is 14.2 Å². The molecular formula is C29H22O3. The highest BCUT2D eigenvalue weighted by molar-refractivity contribution is 5.85. The first-order valence-corrected chi connectivity index (χ1v) is 10.1. The number of methoxy groups -OCH3 is 3. The van der Waals surface area contributed by atoms with E-state index in [1.54, 1.807) is 21.3 Å². The minimum Gasteiger partial charge on any atom is -0.497 e. The van der Waals surface area contributed by atoms with Crippen LogP contribution in [0.15, 0.2) is 78.9 Å². The SMILES string of the molecule is COc1ccc(C#Cc2ccc3cc(C#Cc4ccc(OC)c(OC)c4)ccc3c2)cc1. The van der Waals surface area contributed by atoms with E-state index in [-0.39, 0.29) is 0 Å². The molecule has 4 aromatic carbocycles. The number of benzene rings is 4. The molecule has 3 nitrogen and oxygen atoms in total. The first-order chi connectivity index (χ1) is 15.7. The molecule has 0 saturated heterocycles. The van der Waals surface area contributed by atoms with Crippen LogP contribution in [-0.2, 0) is 0 Å². The molecule has 0 unspecified atom stereocenters. The molecule has 0 spiro atoms. The summed E-state index contributed by atoms with van der Waals surface area (Å²) in [4.78, 5) is 0. The van der Waals surface area contributed by atoms with Gasteiger partial charge in [-0.05, 0) is 77.5 Å². The maximum Gasteiger partial charge on any atom is 0.161 e. The zero-order valence-electron chi connectivity index (χ0n) is 18.2. The van der Waals surface area contributed by atoms with E-state index in [0.29, 0.717) is 11.5 Å². The van der Waals surface area contributed by atoms with Gasteiger partial charge in [-0.15, -0.1) is 0 Å². The highest BCUT2D eigenvalue weighted by atomic mass is 16.5. The Kier molecular flexibility index (Phi) is 6.30. The summed E-state index contributed by atoms with van der Waals surface area (Å²) in [6.07, 6.45) is 0. The molecule has 4 aromatic rings. The van der Waals surface area contributed by atoms with Crippen molar-refractivity contribution in [3.8, 4) is 40.9 Å². The molecule has 0 aliphatic rings. The standard InChI is InChI=1S/C29H22O3/c1-30-27-15-10-21(11-16-27)4-5-22-8-13-26-19-23(9-14-25(26)18-22)6-7-24-12-17-28(31-2)29(20-24)32-3/h8-20H,1-3H3. The van der Waals surface area contributed by atoms with Crippen molar-refractivity contribution in [2.24, 2.45) is 0 Å². The lowest BCUT2D eigenvalue weighted by atomic mass is 10.0. The van der Waals surface area contributed by atoms with Crippen molar-refractivity contribution in [1.82, 2.24) is 0 Å². The van der Waals surface area contributed by atoms with E-state index in [9.17, 15) is 0 Å². The van der Waals surface area contributed by atoms with Gasteiger partial charge in [0.05, 0.1) is 21.3 Å². The number of fused-ring (bicyclic) bond motifs is 1. The summed E-state index contributed by atoms with van der Waals surface area (Å²) < 4.78 is 15.8. The Bertz CT molecular complexity index is 1380. The molecule has 0 aromatic heterocycles. The van der Waals surface area contributed by atoms with Gasteiger partial charge < -0.3 is 14.2 Å². The zero-order chi connectivity index (χ0) is 22.3. The molecule has 3 heteroatoms. The fourth-order valence-electron chi connectivity index (χ4n) is 3.28. The summed E-state index contributed by atoms with van der Waals surface area (Å²) in [7, 11) is 4.89. The normalized spacial score (nSPS) is 9.84. The van der Waals surface area contributed by atoms with E-state index >= 15 is 0 Å². The predicted octanol–water partition coefficient (Wildman–Crippen LogP) is 5.67. The van der Waals surface area contributed by atoms with E-state index < -0.39 is 0 Å². The fourth-order valence-corrected chi connectivity index (χ4v) is 3.28. The van der Waals surface area contributed by atoms with Gasteiger partial charge in [0.1, 0.15) is 5.75 Å². The van der Waals surface area contributed by atoms with Gasteiger partial charge >= 0.3 is 0 Å². The highest BCUT2D eigenvalue weighted by Gasteiger charge is 2.03. The van der Waals surface area contributed by atoms with Crippen LogP contribution in [0.2, 0.25) is 0 Å². The molecule has 156 valence electrons. The number of ether oxygens (including phenoxy) is 3. The van der Waals surface area contributed by atoms with Crippen LogP contribution < -0.4 is 14.2 Å². The second-order valence-electron chi connectivity index (χ2n) is 7.07. The van der Waals surface area contributed by atoms with Gasteiger partial charge in [-0.3, -0.25) is 0 Å². The van der Waals surface area contributed by atoms with Crippen molar-refractivity contribution in [2.45, 2.75) is 0 Å². The molecule has 0 aliphatic heterocycles. The van der Waals surface area contributed by atoms with E-state index in [1.807, 2.05) is 54.6 Å². The van der Waals surface area contributed by atoms with Gasteiger partial charge in [0.2, 0.25) is 0 Å². The van der Waals surface area contributed by atoms with Gasteiger partial charge in [0, 0.05) is 22.3 Å². The van der Waals surface area contributed by atoms with Crippen molar-refractivity contribution in [3.05, 3.63) is 101 Å². The van der Waals surface area contributed by atoms with Gasteiger partial charge in [-0.2, -0.15) is 0 Å². The first kappa shape index (κ1) is 20.9. The topological polar surface area (TPSA) is 27.7 Å². The van der Waals surface area contributed by atoms with Crippen LogP contribution in [0, 0.1) is 23.7 Å². The third-order valence-electron chi connectivity index (χ3n) is 5.02. The van der Waals surface area contributed by atoms with Gasteiger partial charge in [0.15, 0.2) is 11.5 Å². The molecule has 0 N–H and O–H groups in total. The minimum atomic E-state index is 0.668. The first-order valence-electron chi connectivity index (χ1n) is 10.1. The Hall–Kier alpha value is -4.34. The largest absolute Gasteiger partial charge is 0.497 e. The average Bonchev–Trinajstić information content (AvgIpc) is 2.86. The van der Waals surface area contributed by atoms with E-state index in [2.05, 4.69) is 47.9 Å². The van der Waals surface area contributed by atoms with Gasteiger partial charge in [-0.1, -0.05) is 35.8 Å². The molecule has 0 bridgehead atoms. The van der Waals surface area contributed by atoms with Crippen molar-refractivity contribution in [3.63, 3.8) is 0 Å². The van der Waals surface area contributed by atoms with Crippen LogP contribution in [-0.4, -0.2) is 21.3 Å². The third-order valence-corrected chi connectivity index (χ3v) is 5.02. The van der Waals surface area contributed by atoms with E-state index in [4.69, 9.17) is 14.2 Å². The van der Waals surface area contributed by atoms with Crippen LogP contribution in [0.4, 0.5) is 0 Å². The average molecular weight is 418 g/mol. The molecule has 0 saturated carbocycles. The summed E-state index contributed by atoms with van der Waals surface area (Å²) in [5.74, 6) is 15.0. The molecule has 0 heterocycles. The number of rotatable bonds is 3. The Morgan fingerprint density at radius 3 is 1.44 bits per heavy atom. The van der Waals surface area contributed by atoms with E-state index in [1.165, 1.54) is 0 Å². The van der Waals surface area contributed by atoms with Crippen molar-refractivity contribution in [1.29, 1.82) is 0 Å². The quantitative estimate of drug-likeness (QED) is 0.402. The molecule has 32 heavy (non-hydrogen) atoms. The minimum absolute atomic E-state index is 0.668. The fraction of sp³-hybridized carbons (Fsp3) is 0.103. The second-order valence-corrected chi connectivity index (χ2v) is 7.07. The Labute approximate surface area is 188 Å². The van der Waals surface area contributed by atoms with Crippen LogP contribution in [0.5, 0.6) is 17.2 Å². The lowest BCUT2D eigenvalue weighted by Gasteiger charge is -2.06. The molecular weight excluding hydrogens is 396 g/mol. The van der Waals surface area contributed by atoms with Crippen LogP contribution in [0.1, 0.15) is 22.3 Å². The molecule has 4 rings (SSSR count). The van der Waals surface area contributed by atoms with Crippen molar-refractivity contribution >= 4 is 10.8 Å². The Balaban J connectivity index is 1.55. The number of hydrogen-bond donors (Lipinski definition) is 0. The molecule has 0 fully saturated rings. The lowest BCUT2D eigenvalue weighted by Crippen LogP contribution is -1.90. The Morgan fingerprint density at radius 1 is 0.438 bits per heavy atom. The smallest absolute Gasteiger partial charge is 0.161 e. The maximum atomic E-state index is 5.35. The predicted molar refractivity (Wildman–Crippen MR) is 128 cm³/mol. The lowest BCUT2D eigenvalue weighted by molar-refractivity contribution is 0.355. The third kappa shape index (κ3) is 4.86. The zero-order valence-corrected chi connectivity index (χ0v) is 18.2. The van der Waals surface area contributed by atoms with E-state index in [0.717, 1.165) is 38.8 Å². The molecule has 0 radical (unpaired) electrons. The van der Waals surface area contributed by atoms with Crippen molar-refractivity contribution in [2.75, 3.05) is 21.3 Å². The Morgan fingerprint density at radius 2 is 0.906 bits per heavy atom. The summed E-state index contributed by atoms with van der Waals surface area (Å²) >= 11 is 0. The van der Waals surface area contributed by atoms with Crippen LogP contribution >= 0.6 is 0 Å². The summed E-state index contributed by atoms with van der Waals surface area (Å²) in [6, 6.07) is 25.8.